The zero-order chi connectivity index (χ0) is 26.2. The van der Waals surface area contributed by atoms with Gasteiger partial charge in [-0.1, -0.05) is 32.1 Å². The Balaban J connectivity index is 2.03. The molecule has 11 nitrogen and oxygen atoms in total. The van der Waals surface area contributed by atoms with Crippen LogP contribution in [0, 0.1) is 5.92 Å². The van der Waals surface area contributed by atoms with E-state index in [9.17, 15) is 19.3 Å². The number of rotatable bonds is 10. The number of ether oxygens (including phenoxy) is 1. The van der Waals surface area contributed by atoms with Crippen molar-refractivity contribution in [2.45, 2.75) is 96.2 Å². The number of hydrogen-bond donors (Lipinski definition) is 3. The Bertz CT molecular complexity index is 871. The van der Waals surface area contributed by atoms with Gasteiger partial charge in [-0.3, -0.25) is 9.13 Å². The Kier molecular flexibility index (Phi) is 10.9. The lowest BCUT2D eigenvalue weighted by molar-refractivity contribution is 0.0547. The average Bonchev–Trinajstić information content (AvgIpc) is 3.25. The van der Waals surface area contributed by atoms with Gasteiger partial charge in [-0.15, -0.1) is 0 Å². The predicted octanol–water partition coefficient (Wildman–Crippen LogP) is 4.04. The predicted molar refractivity (Wildman–Crippen MR) is 131 cm³/mol. The van der Waals surface area contributed by atoms with Crippen molar-refractivity contribution in [2.75, 3.05) is 14.2 Å². The molecule has 2 rings (SSSR count). The monoisotopic (exact) mass is 516 g/mol. The van der Waals surface area contributed by atoms with E-state index in [0.29, 0.717) is 24.5 Å². The molecule has 3 atom stereocenters. The van der Waals surface area contributed by atoms with E-state index >= 15 is 0 Å². The SMILES string of the molecule is COP(=O)(OC)C(O)[C@H](CC1CCCCC1)N[C@H](C)Cc1cn(C(=O)NC(=O)OC(C)(C)C)cn1. The van der Waals surface area contributed by atoms with E-state index in [1.165, 1.54) is 37.7 Å². The number of imidazole rings is 1. The van der Waals surface area contributed by atoms with E-state index in [2.05, 4.69) is 15.6 Å². The normalized spacial score (nSPS) is 18.0. The Labute approximate surface area is 207 Å². The van der Waals surface area contributed by atoms with Crippen LogP contribution < -0.4 is 10.6 Å². The summed E-state index contributed by atoms with van der Waals surface area (Å²) in [6.45, 7) is 7.04. The maximum Gasteiger partial charge on any atom is 0.415 e. The molecular formula is C23H41N4O7P. The standard InChI is InChI=1S/C23H41N4O7P/c1-16(12-18-14-27(15-24-18)21(29)26-22(30)34-23(2,3)4)25-19(13-17-10-8-7-9-11-17)20(28)35(31,32-5)33-6/h14-17,19-20,25,28H,7-13H2,1-6H3,(H,26,29,30)/t16-,19+,20?/m1/s1. The maximum absolute atomic E-state index is 12.9. The number of hydrogen-bond acceptors (Lipinski definition) is 9. The molecule has 0 aromatic carbocycles. The van der Waals surface area contributed by atoms with Crippen LogP contribution in [0.2, 0.25) is 0 Å². The highest BCUT2D eigenvalue weighted by atomic mass is 31.2. The molecule has 1 aliphatic rings. The summed E-state index contributed by atoms with van der Waals surface area (Å²) in [6.07, 6.45) is 8.75. The van der Waals surface area contributed by atoms with Crippen LogP contribution in [0.3, 0.4) is 0 Å². The molecular weight excluding hydrogens is 475 g/mol. The molecule has 0 spiro atoms. The third kappa shape index (κ3) is 9.31. The second-order valence-electron chi connectivity index (χ2n) is 10.1. The van der Waals surface area contributed by atoms with E-state index in [4.69, 9.17) is 13.8 Å². The Hall–Kier alpha value is -1.78. The van der Waals surface area contributed by atoms with Gasteiger partial charge >= 0.3 is 19.7 Å². The third-order valence-corrected chi connectivity index (χ3v) is 8.02. The van der Waals surface area contributed by atoms with Crippen molar-refractivity contribution in [3.63, 3.8) is 0 Å². The molecule has 1 aromatic rings. The zero-order valence-electron chi connectivity index (χ0n) is 21.7. The molecule has 1 aliphatic carbocycles. The molecule has 1 aromatic heterocycles. The molecule has 35 heavy (non-hydrogen) atoms. The quantitative estimate of drug-likeness (QED) is 0.393. The summed E-state index contributed by atoms with van der Waals surface area (Å²) in [6, 6.07) is -1.35. The number of aromatic nitrogens is 2. The van der Waals surface area contributed by atoms with E-state index in [-0.39, 0.29) is 6.04 Å². The van der Waals surface area contributed by atoms with Gasteiger partial charge in [0.15, 0.2) is 5.85 Å². The molecule has 1 saturated carbocycles. The largest absolute Gasteiger partial charge is 0.443 e. The summed E-state index contributed by atoms with van der Waals surface area (Å²) in [5, 5.41) is 16.5. The van der Waals surface area contributed by atoms with Crippen LogP contribution in [0.5, 0.6) is 0 Å². The van der Waals surface area contributed by atoms with Gasteiger partial charge in [-0.25, -0.2) is 19.9 Å². The first-order chi connectivity index (χ1) is 16.4. The first kappa shape index (κ1) is 29.5. The van der Waals surface area contributed by atoms with Gasteiger partial charge in [0.2, 0.25) is 0 Å². The van der Waals surface area contributed by atoms with Crippen LogP contribution in [-0.4, -0.2) is 64.5 Å². The summed E-state index contributed by atoms with van der Waals surface area (Å²) in [7, 11) is -1.16. The Morgan fingerprint density at radius 2 is 1.86 bits per heavy atom. The van der Waals surface area contributed by atoms with Crippen molar-refractivity contribution in [3.05, 3.63) is 18.2 Å². The summed E-state index contributed by atoms with van der Waals surface area (Å²) in [5.41, 5.74) is -0.114. The third-order valence-electron chi connectivity index (χ3n) is 6.00. The molecule has 0 radical (unpaired) electrons. The second kappa shape index (κ2) is 13.0. The van der Waals surface area contributed by atoms with Crippen LogP contribution in [0.15, 0.2) is 12.5 Å². The lowest BCUT2D eigenvalue weighted by Crippen LogP contribution is -2.46. The number of carbonyl (C=O) groups is 2. The first-order valence-corrected chi connectivity index (χ1v) is 13.7. The summed E-state index contributed by atoms with van der Waals surface area (Å²) >= 11 is 0. The van der Waals surface area contributed by atoms with Crippen molar-refractivity contribution in [1.82, 2.24) is 20.2 Å². The fraction of sp³-hybridized carbons (Fsp3) is 0.783. The maximum atomic E-state index is 12.9. The van der Waals surface area contributed by atoms with E-state index in [0.717, 1.165) is 25.7 Å². The smallest absolute Gasteiger partial charge is 0.415 e. The second-order valence-corrected chi connectivity index (χ2v) is 12.5. The van der Waals surface area contributed by atoms with E-state index < -0.39 is 37.2 Å². The zero-order valence-corrected chi connectivity index (χ0v) is 22.5. The minimum atomic E-state index is -3.70. The van der Waals surface area contributed by atoms with Crippen molar-refractivity contribution in [1.29, 1.82) is 0 Å². The summed E-state index contributed by atoms with van der Waals surface area (Å²) in [5.74, 6) is -0.903. The van der Waals surface area contributed by atoms with Gasteiger partial charge in [0.05, 0.1) is 5.69 Å². The van der Waals surface area contributed by atoms with Crippen molar-refractivity contribution in [3.8, 4) is 0 Å². The summed E-state index contributed by atoms with van der Waals surface area (Å²) in [4.78, 5) is 28.4. The van der Waals surface area contributed by atoms with Crippen LogP contribution >= 0.6 is 7.60 Å². The molecule has 12 heteroatoms. The average molecular weight is 517 g/mol. The van der Waals surface area contributed by atoms with Gasteiger partial charge in [0.25, 0.3) is 0 Å². The van der Waals surface area contributed by atoms with Crippen molar-refractivity contribution >= 4 is 19.7 Å². The number of carbonyl (C=O) groups excluding carboxylic acids is 2. The van der Waals surface area contributed by atoms with E-state index in [1.54, 1.807) is 20.8 Å². The minimum absolute atomic E-state index is 0.169. The molecule has 200 valence electrons. The molecule has 3 N–H and O–H groups in total. The Morgan fingerprint density at radius 1 is 1.23 bits per heavy atom. The van der Waals surface area contributed by atoms with E-state index in [1.807, 2.05) is 6.92 Å². The van der Waals surface area contributed by atoms with Crippen LogP contribution in [0.25, 0.3) is 0 Å². The molecule has 1 heterocycles. The lowest BCUT2D eigenvalue weighted by atomic mass is 9.84. The van der Waals surface area contributed by atoms with Gasteiger partial charge < -0.3 is 24.2 Å². The number of aliphatic hydroxyl groups is 1. The topological polar surface area (TPSA) is 141 Å². The number of nitrogens with one attached hydrogen (secondary N) is 2. The highest BCUT2D eigenvalue weighted by Crippen LogP contribution is 2.52. The fourth-order valence-corrected chi connectivity index (χ4v) is 5.57. The highest BCUT2D eigenvalue weighted by molar-refractivity contribution is 7.54. The highest BCUT2D eigenvalue weighted by Gasteiger charge is 2.40. The molecule has 2 amide bonds. The lowest BCUT2D eigenvalue weighted by Gasteiger charge is -2.34. The molecule has 1 fully saturated rings. The van der Waals surface area contributed by atoms with Gasteiger partial charge in [-0.05, 0) is 40.0 Å². The van der Waals surface area contributed by atoms with Gasteiger partial charge in [-0.2, -0.15) is 0 Å². The number of alkyl carbamates (subject to hydrolysis) is 1. The van der Waals surface area contributed by atoms with Crippen LogP contribution in [-0.2, 0) is 24.8 Å². The number of nitrogens with zero attached hydrogens (tertiary/aromatic N) is 2. The number of aliphatic hydroxyl groups excluding tert-OH is 1. The fourth-order valence-electron chi connectivity index (χ4n) is 4.34. The van der Waals surface area contributed by atoms with Crippen molar-refractivity contribution < 1.29 is 33.0 Å². The number of amides is 2. The Morgan fingerprint density at radius 3 is 2.43 bits per heavy atom. The molecule has 0 bridgehead atoms. The minimum Gasteiger partial charge on any atom is -0.443 e. The molecule has 1 unspecified atom stereocenters. The molecule has 0 saturated heterocycles. The van der Waals surface area contributed by atoms with Gasteiger partial charge in [0.1, 0.15) is 11.9 Å². The van der Waals surface area contributed by atoms with Crippen LogP contribution in [0.4, 0.5) is 9.59 Å². The summed E-state index contributed by atoms with van der Waals surface area (Å²) < 4.78 is 29.3. The number of imide groups is 1. The van der Waals surface area contributed by atoms with Crippen molar-refractivity contribution in [2.24, 2.45) is 5.92 Å². The van der Waals surface area contributed by atoms with Crippen LogP contribution in [0.1, 0.15) is 71.9 Å². The first-order valence-electron chi connectivity index (χ1n) is 12.1. The van der Waals surface area contributed by atoms with Gasteiger partial charge in [0, 0.05) is 38.9 Å². The molecule has 0 aliphatic heterocycles.